The van der Waals surface area contributed by atoms with Crippen molar-refractivity contribution in [3.63, 3.8) is 0 Å². The number of thiocarbonyl (C=S) groups is 1. The lowest BCUT2D eigenvalue weighted by Crippen LogP contribution is -2.42. The first-order chi connectivity index (χ1) is 11.4. The molecule has 130 valence electrons. The zero-order chi connectivity index (χ0) is 17.7. The molecular formula is C15H17NO6S2. The van der Waals surface area contributed by atoms with E-state index < -0.39 is 18.0 Å². The molecule has 1 aromatic rings. The monoisotopic (exact) mass is 371 g/mol. The van der Waals surface area contributed by atoms with Gasteiger partial charge in [-0.15, -0.1) is 0 Å². The zero-order valence-electron chi connectivity index (χ0n) is 12.9. The number of phenolic OH excluding ortho intramolecular Hbond substituents is 1. The van der Waals surface area contributed by atoms with E-state index >= 15 is 0 Å². The smallest absolute Gasteiger partial charge is 0.338 e. The Morgan fingerprint density at radius 2 is 2.25 bits per heavy atom. The molecule has 24 heavy (non-hydrogen) atoms. The molecule has 7 nitrogen and oxygen atoms in total. The molecule has 0 fully saturated rings. The number of rotatable bonds is 2. The fraction of sp³-hybridized carbons (Fsp3) is 0.400. The highest BCUT2D eigenvalue weighted by Gasteiger charge is 2.23. The minimum Gasteiger partial charge on any atom is -0.507 e. The van der Waals surface area contributed by atoms with Crippen molar-refractivity contribution in [2.75, 3.05) is 19.5 Å². The summed E-state index contributed by atoms with van der Waals surface area (Å²) < 4.78 is 10.2. The highest BCUT2D eigenvalue weighted by atomic mass is 32.2. The van der Waals surface area contributed by atoms with E-state index in [-0.39, 0.29) is 35.8 Å². The molecule has 0 radical (unpaired) electrons. The van der Waals surface area contributed by atoms with Crippen LogP contribution in [0, 0.1) is 0 Å². The number of nitrogens with one attached hydrogen (secondary N) is 1. The number of esters is 1. The number of carboxylic acid groups (broad SMARTS) is 1. The van der Waals surface area contributed by atoms with Crippen molar-refractivity contribution < 1.29 is 29.3 Å². The van der Waals surface area contributed by atoms with Crippen LogP contribution in [0.15, 0.2) is 12.1 Å². The van der Waals surface area contributed by atoms with Crippen molar-refractivity contribution in [2.24, 2.45) is 0 Å². The maximum Gasteiger partial charge on any atom is 0.338 e. The predicted molar refractivity (Wildman–Crippen MR) is 92.9 cm³/mol. The van der Waals surface area contributed by atoms with Crippen LogP contribution in [-0.2, 0) is 15.3 Å². The molecule has 0 bridgehead atoms. The first-order valence-corrected chi connectivity index (χ1v) is 8.65. The molecule has 1 heterocycles. The van der Waals surface area contributed by atoms with Gasteiger partial charge in [0, 0.05) is 29.6 Å². The summed E-state index contributed by atoms with van der Waals surface area (Å²) in [4.78, 5) is 23.9. The lowest BCUT2D eigenvalue weighted by Gasteiger charge is -2.19. The normalized spacial score (nSPS) is 19.1. The Kier molecular flexibility index (Phi) is 6.27. The van der Waals surface area contributed by atoms with Crippen LogP contribution >= 0.6 is 24.0 Å². The van der Waals surface area contributed by atoms with Crippen LogP contribution in [0.25, 0.3) is 0 Å². The van der Waals surface area contributed by atoms with Gasteiger partial charge in [0.1, 0.15) is 17.5 Å². The van der Waals surface area contributed by atoms with E-state index in [0.717, 1.165) is 0 Å². The standard InChI is InChI=1S/C15H17NO6S2/c1-21-8-4-9-10(12(17)5-8)6-24-7-11(14(18)19)16-13(23)2-3-22-15(9)20/h4-5,11,17H,2-3,6-7H2,1H3,(H,16,23)(H,18,19). The Morgan fingerprint density at radius 3 is 2.92 bits per heavy atom. The summed E-state index contributed by atoms with van der Waals surface area (Å²) in [6.07, 6.45) is 0.223. The molecule has 0 saturated carbocycles. The summed E-state index contributed by atoms with van der Waals surface area (Å²) in [5.74, 6) is -0.883. The van der Waals surface area contributed by atoms with Gasteiger partial charge in [0.2, 0.25) is 0 Å². The molecule has 1 aromatic carbocycles. The van der Waals surface area contributed by atoms with Crippen molar-refractivity contribution in [1.82, 2.24) is 5.32 Å². The Balaban J connectivity index is 2.32. The van der Waals surface area contributed by atoms with E-state index in [1.165, 1.54) is 31.0 Å². The fourth-order valence-electron chi connectivity index (χ4n) is 2.12. The van der Waals surface area contributed by atoms with Gasteiger partial charge in [0.15, 0.2) is 0 Å². The molecule has 9 heteroatoms. The number of carbonyl (C=O) groups excluding carboxylic acids is 1. The average Bonchev–Trinajstić information content (AvgIpc) is 2.53. The van der Waals surface area contributed by atoms with Gasteiger partial charge in [0.05, 0.1) is 24.3 Å². The number of cyclic esters (lactones) is 1. The van der Waals surface area contributed by atoms with Gasteiger partial charge in [-0.2, -0.15) is 11.8 Å². The van der Waals surface area contributed by atoms with Crippen LogP contribution in [0.1, 0.15) is 22.3 Å². The first kappa shape index (κ1) is 18.3. The van der Waals surface area contributed by atoms with Crippen LogP contribution in [0.5, 0.6) is 11.5 Å². The second-order valence-corrected chi connectivity index (χ2v) is 6.56. The molecule has 0 aromatic heterocycles. The SMILES string of the molecule is COc1cc(O)c2c(c1)C(=O)OCCC(=S)NC(C(=O)O)CSC2. The minimum atomic E-state index is -1.02. The van der Waals surface area contributed by atoms with Crippen LogP contribution in [0.4, 0.5) is 0 Å². The van der Waals surface area contributed by atoms with Gasteiger partial charge in [0.25, 0.3) is 0 Å². The maximum atomic E-state index is 12.3. The number of hydrogen-bond acceptors (Lipinski definition) is 7. The Hall–Kier alpha value is -2.00. The molecule has 1 atom stereocenters. The molecular weight excluding hydrogens is 354 g/mol. The third kappa shape index (κ3) is 4.51. The highest BCUT2D eigenvalue weighted by Crippen LogP contribution is 2.32. The highest BCUT2D eigenvalue weighted by molar-refractivity contribution is 7.98. The largest absolute Gasteiger partial charge is 0.507 e. The van der Waals surface area contributed by atoms with Crippen LogP contribution in [0.2, 0.25) is 0 Å². The van der Waals surface area contributed by atoms with Gasteiger partial charge in [-0.05, 0) is 6.07 Å². The van der Waals surface area contributed by atoms with E-state index in [0.29, 0.717) is 16.3 Å². The topological polar surface area (TPSA) is 105 Å². The number of aromatic hydroxyl groups is 1. The summed E-state index contributed by atoms with van der Waals surface area (Å²) in [5, 5.41) is 22.1. The summed E-state index contributed by atoms with van der Waals surface area (Å²) in [7, 11) is 1.43. The summed E-state index contributed by atoms with van der Waals surface area (Å²) >= 11 is 6.34. The third-order valence-electron chi connectivity index (χ3n) is 3.38. The molecule has 1 aliphatic rings. The number of carboxylic acids is 1. The quantitative estimate of drug-likeness (QED) is 0.527. The number of carbonyl (C=O) groups is 2. The number of aliphatic carboxylic acids is 1. The maximum absolute atomic E-state index is 12.3. The number of thioether (sulfide) groups is 1. The van der Waals surface area contributed by atoms with Crippen molar-refractivity contribution >= 4 is 40.9 Å². The molecule has 3 N–H and O–H groups in total. The summed E-state index contributed by atoms with van der Waals surface area (Å²) in [6, 6.07) is 2.05. The number of hydrogen-bond donors (Lipinski definition) is 3. The lowest BCUT2D eigenvalue weighted by atomic mass is 10.1. The molecule has 0 saturated heterocycles. The fourth-order valence-corrected chi connectivity index (χ4v) is 3.43. The van der Waals surface area contributed by atoms with E-state index in [4.69, 9.17) is 21.7 Å². The van der Waals surface area contributed by atoms with Gasteiger partial charge in [-0.3, -0.25) is 0 Å². The average molecular weight is 371 g/mol. The lowest BCUT2D eigenvalue weighted by molar-refractivity contribution is -0.138. The van der Waals surface area contributed by atoms with Crippen molar-refractivity contribution in [1.29, 1.82) is 0 Å². The van der Waals surface area contributed by atoms with E-state index in [1.807, 2.05) is 0 Å². The molecule has 0 aliphatic carbocycles. The van der Waals surface area contributed by atoms with Crippen molar-refractivity contribution in [3.8, 4) is 11.5 Å². The Morgan fingerprint density at radius 1 is 1.50 bits per heavy atom. The summed E-state index contributed by atoms with van der Waals surface area (Å²) in [6.45, 7) is 0.0154. The van der Waals surface area contributed by atoms with Crippen LogP contribution < -0.4 is 10.1 Å². The minimum absolute atomic E-state index is 0.0154. The molecule has 0 spiro atoms. The second kappa shape index (κ2) is 8.20. The second-order valence-electron chi connectivity index (χ2n) is 5.03. The van der Waals surface area contributed by atoms with Crippen molar-refractivity contribution in [2.45, 2.75) is 18.2 Å². The Labute approximate surface area is 148 Å². The number of phenols is 1. The van der Waals surface area contributed by atoms with Crippen LogP contribution in [0.3, 0.4) is 0 Å². The number of fused-ring (bicyclic) bond motifs is 1. The first-order valence-electron chi connectivity index (χ1n) is 7.09. The zero-order valence-corrected chi connectivity index (χ0v) is 14.5. The van der Waals surface area contributed by atoms with E-state index in [9.17, 15) is 19.8 Å². The van der Waals surface area contributed by atoms with Gasteiger partial charge >= 0.3 is 11.9 Å². The molecule has 1 unspecified atom stereocenters. The van der Waals surface area contributed by atoms with E-state index in [2.05, 4.69) is 5.32 Å². The molecule has 1 aliphatic heterocycles. The third-order valence-corrected chi connectivity index (χ3v) is 4.77. The van der Waals surface area contributed by atoms with Gasteiger partial charge in [-0.1, -0.05) is 12.2 Å². The number of ether oxygens (including phenoxy) is 2. The molecule has 0 amide bonds. The number of benzene rings is 1. The van der Waals surface area contributed by atoms with Gasteiger partial charge in [-0.25, -0.2) is 9.59 Å². The van der Waals surface area contributed by atoms with Crippen LogP contribution in [-0.4, -0.2) is 52.7 Å². The van der Waals surface area contributed by atoms with E-state index in [1.54, 1.807) is 0 Å². The van der Waals surface area contributed by atoms with Crippen molar-refractivity contribution in [3.05, 3.63) is 23.3 Å². The Bertz CT molecular complexity index is 664. The summed E-state index contributed by atoms with van der Waals surface area (Å²) in [5.41, 5.74) is 0.587. The molecule has 2 rings (SSSR count). The van der Waals surface area contributed by atoms with Gasteiger partial charge < -0.3 is 25.0 Å². The number of methoxy groups -OCH3 is 1. The predicted octanol–water partition coefficient (Wildman–Crippen LogP) is 1.56.